The third-order valence-electron chi connectivity index (χ3n) is 3.96. The molecule has 6 nitrogen and oxygen atoms in total. The fourth-order valence-corrected chi connectivity index (χ4v) is 2.74. The van der Waals surface area contributed by atoms with E-state index in [0.29, 0.717) is 31.1 Å². The zero-order valence-electron chi connectivity index (χ0n) is 12.7. The van der Waals surface area contributed by atoms with Gasteiger partial charge in [-0.15, -0.1) is 10.2 Å². The zero-order chi connectivity index (χ0) is 15.1. The second-order valence-electron chi connectivity index (χ2n) is 5.85. The Morgan fingerprint density at radius 3 is 2.90 bits per heavy atom. The molecular weight excluding hydrogens is 270 g/mol. The number of carbonyl (C=O) groups excluding carboxylic acids is 1. The van der Waals surface area contributed by atoms with E-state index in [4.69, 9.17) is 9.52 Å². The zero-order valence-corrected chi connectivity index (χ0v) is 12.7. The number of aliphatic hydroxyl groups is 1. The maximum absolute atomic E-state index is 11.8. The fourth-order valence-electron chi connectivity index (χ4n) is 2.74. The van der Waals surface area contributed by atoms with Crippen LogP contribution in [-0.2, 0) is 11.2 Å². The number of hydrogen-bond donors (Lipinski definition) is 2. The van der Waals surface area contributed by atoms with Crippen molar-refractivity contribution in [3.05, 3.63) is 11.8 Å². The Morgan fingerprint density at radius 2 is 2.19 bits per heavy atom. The van der Waals surface area contributed by atoms with E-state index in [1.54, 1.807) is 0 Å². The number of hydrogen-bond acceptors (Lipinski definition) is 5. The van der Waals surface area contributed by atoms with E-state index in [0.717, 1.165) is 25.2 Å². The normalized spacial score (nSPS) is 17.0. The smallest absolute Gasteiger partial charge is 0.220 e. The van der Waals surface area contributed by atoms with Gasteiger partial charge < -0.3 is 14.8 Å². The van der Waals surface area contributed by atoms with Crippen molar-refractivity contribution in [2.45, 2.75) is 70.3 Å². The molecule has 118 valence electrons. The van der Waals surface area contributed by atoms with Crippen LogP contribution in [0.4, 0.5) is 0 Å². The summed E-state index contributed by atoms with van der Waals surface area (Å²) in [5.41, 5.74) is 0. The number of amides is 1. The minimum atomic E-state index is -0.0129. The minimum Gasteiger partial charge on any atom is -0.425 e. The maximum atomic E-state index is 11.8. The molecular formula is C15H25N3O3. The Morgan fingerprint density at radius 1 is 1.43 bits per heavy atom. The number of aliphatic hydroxyl groups excluding tert-OH is 1. The van der Waals surface area contributed by atoms with Gasteiger partial charge >= 0.3 is 0 Å². The van der Waals surface area contributed by atoms with Crippen molar-refractivity contribution < 1.29 is 14.3 Å². The van der Waals surface area contributed by atoms with Crippen molar-refractivity contribution in [1.82, 2.24) is 15.5 Å². The van der Waals surface area contributed by atoms with Crippen molar-refractivity contribution in [1.29, 1.82) is 0 Å². The van der Waals surface area contributed by atoms with Gasteiger partial charge in [0.25, 0.3) is 0 Å². The van der Waals surface area contributed by atoms with Gasteiger partial charge in [-0.05, 0) is 32.6 Å². The number of nitrogens with zero attached hydrogens (tertiary/aromatic N) is 2. The molecule has 1 fully saturated rings. The fraction of sp³-hybridized carbons (Fsp3) is 0.800. The first kappa shape index (κ1) is 15.9. The summed E-state index contributed by atoms with van der Waals surface area (Å²) in [6, 6.07) is 0.0846. The molecule has 1 aromatic heterocycles. The van der Waals surface area contributed by atoms with E-state index >= 15 is 0 Å². The molecule has 1 amide bonds. The largest absolute Gasteiger partial charge is 0.425 e. The molecule has 1 aromatic rings. The van der Waals surface area contributed by atoms with Crippen molar-refractivity contribution in [2.75, 3.05) is 6.61 Å². The molecule has 1 aliphatic rings. The van der Waals surface area contributed by atoms with Crippen molar-refractivity contribution in [2.24, 2.45) is 0 Å². The summed E-state index contributed by atoms with van der Waals surface area (Å²) in [6.45, 7) is 2.10. The van der Waals surface area contributed by atoms with Gasteiger partial charge in [0.2, 0.25) is 17.7 Å². The van der Waals surface area contributed by atoms with Crippen LogP contribution in [0.25, 0.3) is 0 Å². The third kappa shape index (κ3) is 5.12. The summed E-state index contributed by atoms with van der Waals surface area (Å²) >= 11 is 0. The molecule has 1 atom stereocenters. The standard InChI is InChI=1S/C15H25N3O3/c1-11(5-4-10-19)16-13(20)8-9-14-17-18-15(21-14)12-6-2-3-7-12/h11-12,19H,2-10H2,1H3,(H,16,20). The Bertz CT molecular complexity index is 441. The molecule has 0 saturated heterocycles. The van der Waals surface area contributed by atoms with Crippen molar-refractivity contribution in [3.8, 4) is 0 Å². The third-order valence-corrected chi connectivity index (χ3v) is 3.96. The first-order chi connectivity index (χ1) is 10.2. The molecule has 6 heteroatoms. The van der Waals surface area contributed by atoms with Gasteiger partial charge in [0, 0.05) is 31.4 Å². The van der Waals surface area contributed by atoms with Gasteiger partial charge in [-0.1, -0.05) is 12.8 Å². The molecule has 0 spiro atoms. The molecule has 0 aliphatic heterocycles. The van der Waals surface area contributed by atoms with E-state index in [2.05, 4.69) is 15.5 Å². The summed E-state index contributed by atoms with van der Waals surface area (Å²) in [4.78, 5) is 11.8. The Kier molecular flexibility index (Phi) is 6.17. The molecule has 21 heavy (non-hydrogen) atoms. The SMILES string of the molecule is CC(CCCO)NC(=O)CCc1nnc(C2CCCC2)o1. The average Bonchev–Trinajstić information content (AvgIpc) is 3.13. The van der Waals surface area contributed by atoms with Gasteiger partial charge in [-0.2, -0.15) is 0 Å². The summed E-state index contributed by atoms with van der Waals surface area (Å²) in [5.74, 6) is 1.69. The number of rotatable bonds is 8. The van der Waals surface area contributed by atoms with Crippen LogP contribution >= 0.6 is 0 Å². The number of aromatic nitrogens is 2. The lowest BCUT2D eigenvalue weighted by atomic mass is 10.1. The van der Waals surface area contributed by atoms with Crippen LogP contribution in [0.3, 0.4) is 0 Å². The summed E-state index contributed by atoms with van der Waals surface area (Å²) in [6.07, 6.45) is 7.06. The average molecular weight is 295 g/mol. The summed E-state index contributed by atoms with van der Waals surface area (Å²) in [7, 11) is 0. The molecule has 2 rings (SSSR count). The highest BCUT2D eigenvalue weighted by atomic mass is 16.4. The molecule has 1 heterocycles. The summed E-state index contributed by atoms with van der Waals surface area (Å²) in [5, 5.41) is 19.8. The van der Waals surface area contributed by atoms with Crippen LogP contribution in [0.1, 0.15) is 69.6 Å². The van der Waals surface area contributed by atoms with Crippen molar-refractivity contribution >= 4 is 5.91 Å². The van der Waals surface area contributed by atoms with Crippen LogP contribution in [-0.4, -0.2) is 33.9 Å². The predicted molar refractivity (Wildman–Crippen MR) is 77.8 cm³/mol. The number of aryl methyl sites for hydroxylation is 1. The van der Waals surface area contributed by atoms with E-state index < -0.39 is 0 Å². The molecule has 1 saturated carbocycles. The van der Waals surface area contributed by atoms with Gasteiger partial charge in [0.05, 0.1) is 0 Å². The number of nitrogens with one attached hydrogen (secondary N) is 1. The molecule has 1 aliphatic carbocycles. The van der Waals surface area contributed by atoms with E-state index in [1.807, 2.05) is 6.92 Å². The van der Waals surface area contributed by atoms with E-state index in [9.17, 15) is 4.79 Å². The number of carbonyl (C=O) groups is 1. The highest BCUT2D eigenvalue weighted by molar-refractivity contribution is 5.76. The molecule has 0 aromatic carbocycles. The molecule has 0 bridgehead atoms. The van der Waals surface area contributed by atoms with Gasteiger partial charge in [0.1, 0.15) is 0 Å². The van der Waals surface area contributed by atoms with E-state index in [-0.39, 0.29) is 18.6 Å². The lowest BCUT2D eigenvalue weighted by molar-refractivity contribution is -0.121. The second kappa shape index (κ2) is 8.12. The topological polar surface area (TPSA) is 88.2 Å². The van der Waals surface area contributed by atoms with Crippen LogP contribution in [0.2, 0.25) is 0 Å². The van der Waals surface area contributed by atoms with Crippen molar-refractivity contribution in [3.63, 3.8) is 0 Å². The quantitative estimate of drug-likeness (QED) is 0.765. The monoisotopic (exact) mass is 295 g/mol. The first-order valence-corrected chi connectivity index (χ1v) is 7.91. The Hall–Kier alpha value is -1.43. The highest BCUT2D eigenvalue weighted by Gasteiger charge is 2.22. The lowest BCUT2D eigenvalue weighted by Crippen LogP contribution is -2.32. The second-order valence-corrected chi connectivity index (χ2v) is 5.85. The summed E-state index contributed by atoms with van der Waals surface area (Å²) < 4.78 is 5.65. The van der Waals surface area contributed by atoms with Gasteiger partial charge in [-0.25, -0.2) is 0 Å². The van der Waals surface area contributed by atoms with Crippen LogP contribution in [0.15, 0.2) is 4.42 Å². The maximum Gasteiger partial charge on any atom is 0.220 e. The van der Waals surface area contributed by atoms with Gasteiger partial charge in [0.15, 0.2) is 0 Å². The predicted octanol–water partition coefficient (Wildman–Crippen LogP) is 1.94. The molecule has 2 N–H and O–H groups in total. The van der Waals surface area contributed by atoms with Crippen LogP contribution in [0, 0.1) is 0 Å². The molecule has 1 unspecified atom stereocenters. The Balaban J connectivity index is 1.71. The molecule has 0 radical (unpaired) electrons. The highest BCUT2D eigenvalue weighted by Crippen LogP contribution is 2.33. The van der Waals surface area contributed by atoms with Crippen LogP contribution in [0.5, 0.6) is 0 Å². The van der Waals surface area contributed by atoms with E-state index in [1.165, 1.54) is 12.8 Å². The lowest BCUT2D eigenvalue weighted by Gasteiger charge is -2.12. The van der Waals surface area contributed by atoms with Gasteiger partial charge in [-0.3, -0.25) is 4.79 Å². The first-order valence-electron chi connectivity index (χ1n) is 7.91. The van der Waals surface area contributed by atoms with Crippen LogP contribution < -0.4 is 5.32 Å². The Labute approximate surface area is 125 Å². The minimum absolute atomic E-state index is 0.0129.